The smallest absolute Gasteiger partial charge is 0.309 e. The second kappa shape index (κ2) is 15.1. The molecule has 7 atom stereocenters. The second-order valence-corrected chi connectivity index (χ2v) is 9.05. The number of carbonyl (C=O) groups excluding carboxylic acids is 6. The van der Waals surface area contributed by atoms with Gasteiger partial charge in [0, 0.05) is 0 Å². The van der Waals surface area contributed by atoms with Crippen LogP contribution in [0.2, 0.25) is 0 Å². The van der Waals surface area contributed by atoms with E-state index in [4.69, 9.17) is 9.47 Å². The molecule has 0 heterocycles. The van der Waals surface area contributed by atoms with Gasteiger partial charge in [-0.2, -0.15) is 0 Å². The average molecular weight is 493 g/mol. The predicted molar refractivity (Wildman–Crippen MR) is 124 cm³/mol. The van der Waals surface area contributed by atoms with Gasteiger partial charge in [-0.15, -0.1) is 9.98 Å². The van der Waals surface area contributed by atoms with Crippen LogP contribution < -0.4 is 0 Å². The highest BCUT2D eigenvalue weighted by Gasteiger charge is 2.56. The van der Waals surface area contributed by atoms with Crippen molar-refractivity contribution in [2.75, 3.05) is 13.2 Å². The van der Waals surface area contributed by atoms with Gasteiger partial charge in [0.25, 0.3) is 11.8 Å². The van der Waals surface area contributed by atoms with Crippen molar-refractivity contribution in [3.05, 3.63) is 0 Å². The fourth-order valence-electron chi connectivity index (χ4n) is 5.30. The SMILES string of the molecule is CC1CC2CC1C(C(=O)N=C=O)C2C(=O)N=C=O.CCCCC(C(=O)OCC)C(C)C(=O)OCC. The highest BCUT2D eigenvalue weighted by atomic mass is 16.5. The van der Waals surface area contributed by atoms with Crippen LogP contribution in [0.3, 0.4) is 0 Å². The van der Waals surface area contributed by atoms with Gasteiger partial charge in [-0.25, -0.2) is 9.59 Å². The van der Waals surface area contributed by atoms with Crippen LogP contribution in [-0.4, -0.2) is 49.1 Å². The molecule has 2 bridgehead atoms. The molecule has 0 aromatic rings. The summed E-state index contributed by atoms with van der Waals surface area (Å²) in [5, 5.41) is 0. The first-order valence-electron chi connectivity index (χ1n) is 12.2. The van der Waals surface area contributed by atoms with Crippen molar-refractivity contribution in [2.45, 2.75) is 66.7 Å². The van der Waals surface area contributed by atoms with Crippen molar-refractivity contribution in [3.8, 4) is 0 Å². The summed E-state index contributed by atoms with van der Waals surface area (Å²) in [5.74, 6) is -3.53. The first kappa shape index (κ1) is 30.1. The maximum absolute atomic E-state index is 11.8. The zero-order chi connectivity index (χ0) is 26.5. The number of ether oxygens (including phenoxy) is 2. The standard InChI is InChI=1S/C13H24O4.C12H12N2O4/c1-5-8-9-11(13(15)17-7-3)10(4)12(14)16-6-2;1-6-2-7-3-8(6)10(12(18)14-5-16)9(7)11(17)13-4-15/h10-11H,5-9H2,1-4H3;6-10H,2-3H2,1H3. The molecule has 0 saturated heterocycles. The molecule has 0 radical (unpaired) electrons. The Morgan fingerprint density at radius 3 is 1.94 bits per heavy atom. The summed E-state index contributed by atoms with van der Waals surface area (Å²) in [6, 6.07) is 0. The summed E-state index contributed by atoms with van der Waals surface area (Å²) in [6.45, 7) is 10.0. The topological polar surface area (TPSA) is 146 Å². The quantitative estimate of drug-likeness (QED) is 0.257. The van der Waals surface area contributed by atoms with Crippen LogP contribution in [0.5, 0.6) is 0 Å². The molecule has 0 aliphatic heterocycles. The second-order valence-electron chi connectivity index (χ2n) is 9.05. The molecule has 2 aliphatic carbocycles. The van der Waals surface area contributed by atoms with Crippen LogP contribution in [-0.2, 0) is 38.2 Å². The van der Waals surface area contributed by atoms with Crippen molar-refractivity contribution in [1.82, 2.24) is 0 Å². The monoisotopic (exact) mass is 492 g/mol. The fraction of sp³-hybridized carbons (Fsp3) is 0.760. The maximum atomic E-state index is 11.8. The lowest BCUT2D eigenvalue weighted by molar-refractivity contribution is -0.160. The number of hydrogen-bond donors (Lipinski definition) is 0. The Hall–Kier alpha value is -2.96. The fourth-order valence-corrected chi connectivity index (χ4v) is 5.30. The molecule has 2 fully saturated rings. The van der Waals surface area contributed by atoms with E-state index >= 15 is 0 Å². The Balaban J connectivity index is 0.000000351. The summed E-state index contributed by atoms with van der Waals surface area (Å²) in [6.07, 6.45) is 6.59. The number of amides is 2. The van der Waals surface area contributed by atoms with Crippen LogP contribution in [0, 0.1) is 41.4 Å². The zero-order valence-electron chi connectivity index (χ0n) is 21.2. The van der Waals surface area contributed by atoms with E-state index in [1.807, 2.05) is 6.92 Å². The minimum atomic E-state index is -0.634. The number of rotatable bonds is 10. The molecule has 194 valence electrons. The molecular formula is C25H36N2O8. The van der Waals surface area contributed by atoms with Gasteiger partial charge in [-0.3, -0.25) is 19.2 Å². The molecular weight excluding hydrogens is 456 g/mol. The summed E-state index contributed by atoms with van der Waals surface area (Å²) >= 11 is 0. The molecule has 2 aliphatic rings. The van der Waals surface area contributed by atoms with Gasteiger partial charge >= 0.3 is 11.9 Å². The van der Waals surface area contributed by atoms with Gasteiger partial charge in [-0.05, 0) is 50.9 Å². The molecule has 10 heteroatoms. The van der Waals surface area contributed by atoms with Crippen LogP contribution in [0.1, 0.15) is 66.7 Å². The van der Waals surface area contributed by atoms with Gasteiger partial charge in [0.15, 0.2) is 0 Å². The highest BCUT2D eigenvalue weighted by Crippen LogP contribution is 2.55. The summed E-state index contributed by atoms with van der Waals surface area (Å²) in [7, 11) is 0. The van der Waals surface area contributed by atoms with E-state index in [0.29, 0.717) is 25.6 Å². The summed E-state index contributed by atoms with van der Waals surface area (Å²) < 4.78 is 9.95. The molecule has 35 heavy (non-hydrogen) atoms. The highest BCUT2D eigenvalue weighted by molar-refractivity contribution is 5.93. The van der Waals surface area contributed by atoms with Crippen molar-refractivity contribution in [2.24, 2.45) is 51.4 Å². The Morgan fingerprint density at radius 1 is 0.886 bits per heavy atom. The number of isocyanates is 2. The van der Waals surface area contributed by atoms with E-state index in [1.165, 1.54) is 12.2 Å². The van der Waals surface area contributed by atoms with Crippen molar-refractivity contribution in [1.29, 1.82) is 0 Å². The minimum absolute atomic E-state index is 0.0374. The molecule has 2 amide bonds. The Kier molecular flexibility index (Phi) is 13.0. The maximum Gasteiger partial charge on any atom is 0.309 e. The Labute approximate surface area is 205 Å². The number of fused-ring (bicyclic) bond motifs is 2. The Morgan fingerprint density at radius 2 is 1.43 bits per heavy atom. The average Bonchev–Trinajstić information content (AvgIpc) is 3.37. The largest absolute Gasteiger partial charge is 0.466 e. The van der Waals surface area contributed by atoms with Gasteiger partial charge in [0.05, 0.1) is 36.9 Å². The normalized spacial score (nSPS) is 25.6. The molecule has 2 rings (SSSR count). The molecule has 0 N–H and O–H groups in total. The van der Waals surface area contributed by atoms with Gasteiger partial charge < -0.3 is 9.47 Å². The van der Waals surface area contributed by atoms with Gasteiger partial charge in [-0.1, -0.05) is 33.6 Å². The molecule has 10 nitrogen and oxygen atoms in total. The lowest BCUT2D eigenvalue weighted by Crippen LogP contribution is -2.36. The lowest BCUT2D eigenvalue weighted by Gasteiger charge is -2.29. The van der Waals surface area contributed by atoms with Crippen molar-refractivity contribution in [3.63, 3.8) is 0 Å². The third-order valence-corrected chi connectivity index (χ3v) is 6.94. The number of esters is 2. The van der Waals surface area contributed by atoms with E-state index in [1.54, 1.807) is 20.8 Å². The first-order valence-corrected chi connectivity index (χ1v) is 12.2. The van der Waals surface area contributed by atoms with Crippen molar-refractivity contribution < 1.29 is 38.2 Å². The van der Waals surface area contributed by atoms with Gasteiger partial charge in [0.2, 0.25) is 12.2 Å². The number of hydrogen-bond acceptors (Lipinski definition) is 8. The zero-order valence-corrected chi connectivity index (χ0v) is 21.2. The van der Waals surface area contributed by atoms with Gasteiger partial charge in [0.1, 0.15) is 0 Å². The summed E-state index contributed by atoms with van der Waals surface area (Å²) in [4.78, 5) is 73.5. The molecule has 0 spiro atoms. The van der Waals surface area contributed by atoms with E-state index in [2.05, 4.69) is 16.9 Å². The number of unbranched alkanes of at least 4 members (excludes halogenated alkanes) is 1. The molecule has 0 aromatic carbocycles. The van der Waals surface area contributed by atoms with E-state index in [0.717, 1.165) is 25.7 Å². The van der Waals surface area contributed by atoms with E-state index in [-0.39, 0.29) is 29.7 Å². The van der Waals surface area contributed by atoms with E-state index in [9.17, 15) is 28.8 Å². The third-order valence-electron chi connectivity index (χ3n) is 6.94. The number of nitrogens with zero attached hydrogens (tertiary/aromatic N) is 2. The molecule has 7 unspecified atom stereocenters. The third kappa shape index (κ3) is 8.05. The first-order chi connectivity index (χ1) is 16.7. The number of aliphatic imine (C=N–C) groups is 2. The van der Waals surface area contributed by atoms with E-state index < -0.39 is 29.6 Å². The van der Waals surface area contributed by atoms with Crippen LogP contribution in [0.25, 0.3) is 0 Å². The molecule has 0 aromatic heterocycles. The van der Waals surface area contributed by atoms with Crippen molar-refractivity contribution >= 4 is 35.9 Å². The summed E-state index contributed by atoms with van der Waals surface area (Å²) in [5.41, 5.74) is 0. The molecule has 2 saturated carbocycles. The lowest BCUT2D eigenvalue weighted by atomic mass is 9.74. The van der Waals surface area contributed by atoms with Crippen LogP contribution in [0.4, 0.5) is 0 Å². The minimum Gasteiger partial charge on any atom is -0.466 e. The Bertz CT molecular complexity index is 860. The van der Waals surface area contributed by atoms with Crippen LogP contribution in [0.15, 0.2) is 9.98 Å². The predicted octanol–water partition coefficient (Wildman–Crippen LogP) is 3.17. The van der Waals surface area contributed by atoms with Crippen LogP contribution >= 0.6 is 0 Å². The number of carbonyl (C=O) groups is 4.